The first-order chi connectivity index (χ1) is 14.9. The SMILES string of the molecule is CCOC(Cc1ccc(OCCN(CCC(C)C)C(=O)OC2CCCC2)cc1)C(=O)O. The number of hydrogen-bond donors (Lipinski definition) is 1. The molecule has 0 aromatic heterocycles. The van der Waals surface area contributed by atoms with Crippen molar-refractivity contribution in [1.29, 1.82) is 0 Å². The van der Waals surface area contributed by atoms with E-state index in [-0.39, 0.29) is 12.2 Å². The third kappa shape index (κ3) is 9.17. The summed E-state index contributed by atoms with van der Waals surface area (Å²) in [5, 5.41) is 9.21. The molecule has 7 nitrogen and oxygen atoms in total. The molecule has 174 valence electrons. The molecule has 1 N–H and O–H groups in total. The average molecular weight is 436 g/mol. The molecule has 1 aliphatic carbocycles. The molecule has 1 saturated carbocycles. The van der Waals surface area contributed by atoms with Gasteiger partial charge in [0.15, 0.2) is 6.10 Å². The third-order valence-electron chi connectivity index (χ3n) is 5.42. The standard InChI is InChI=1S/C24H37NO6/c1-4-29-22(23(26)27)17-19-9-11-20(12-10-19)30-16-15-25(14-13-18(2)3)24(28)31-21-7-5-6-8-21/h9-12,18,21-22H,4-8,13-17H2,1-3H3,(H,26,27). The van der Waals surface area contributed by atoms with Crippen LogP contribution in [0.2, 0.25) is 0 Å². The molecule has 0 spiro atoms. The zero-order valence-corrected chi connectivity index (χ0v) is 19.0. The van der Waals surface area contributed by atoms with Crippen LogP contribution < -0.4 is 4.74 Å². The van der Waals surface area contributed by atoms with E-state index in [9.17, 15) is 14.7 Å². The summed E-state index contributed by atoms with van der Waals surface area (Å²) in [6.45, 7) is 7.90. The summed E-state index contributed by atoms with van der Waals surface area (Å²) >= 11 is 0. The highest BCUT2D eigenvalue weighted by molar-refractivity contribution is 5.72. The van der Waals surface area contributed by atoms with Crippen molar-refractivity contribution in [2.75, 3.05) is 26.3 Å². The summed E-state index contributed by atoms with van der Waals surface area (Å²) in [6.07, 6.45) is 4.34. The zero-order chi connectivity index (χ0) is 22.6. The van der Waals surface area contributed by atoms with Crippen LogP contribution in [0.4, 0.5) is 4.79 Å². The van der Waals surface area contributed by atoms with Crippen molar-refractivity contribution in [1.82, 2.24) is 4.90 Å². The molecule has 0 heterocycles. The molecule has 1 aliphatic rings. The van der Waals surface area contributed by atoms with Crippen molar-refractivity contribution >= 4 is 12.1 Å². The van der Waals surface area contributed by atoms with E-state index < -0.39 is 12.1 Å². The second-order valence-corrected chi connectivity index (χ2v) is 8.44. The Hall–Kier alpha value is -2.28. The topological polar surface area (TPSA) is 85.3 Å². The number of benzene rings is 1. The van der Waals surface area contributed by atoms with E-state index in [0.29, 0.717) is 44.4 Å². The Morgan fingerprint density at radius 2 is 1.81 bits per heavy atom. The lowest BCUT2D eigenvalue weighted by molar-refractivity contribution is -0.149. The van der Waals surface area contributed by atoms with Gasteiger partial charge in [-0.25, -0.2) is 9.59 Å². The number of aliphatic carboxylic acids is 1. The molecule has 2 rings (SSSR count). The first-order valence-corrected chi connectivity index (χ1v) is 11.4. The molecule has 1 fully saturated rings. The number of hydrogen-bond acceptors (Lipinski definition) is 5. The molecular formula is C24H37NO6. The maximum Gasteiger partial charge on any atom is 0.410 e. The molecule has 0 bridgehead atoms. The lowest BCUT2D eigenvalue weighted by atomic mass is 10.1. The Kier molecular flexibility index (Phi) is 10.6. The van der Waals surface area contributed by atoms with Crippen LogP contribution in [0.1, 0.15) is 58.4 Å². The van der Waals surface area contributed by atoms with E-state index in [1.54, 1.807) is 11.8 Å². The summed E-state index contributed by atoms with van der Waals surface area (Å²) in [6, 6.07) is 7.31. The number of carbonyl (C=O) groups is 2. The average Bonchev–Trinajstić information content (AvgIpc) is 3.24. The summed E-state index contributed by atoms with van der Waals surface area (Å²) in [4.78, 5) is 25.6. The maximum absolute atomic E-state index is 12.6. The largest absolute Gasteiger partial charge is 0.492 e. The number of amides is 1. The van der Waals surface area contributed by atoms with E-state index in [4.69, 9.17) is 14.2 Å². The van der Waals surface area contributed by atoms with Gasteiger partial charge in [-0.1, -0.05) is 26.0 Å². The highest BCUT2D eigenvalue weighted by Crippen LogP contribution is 2.22. The molecule has 1 amide bonds. The van der Waals surface area contributed by atoms with Crippen molar-refractivity contribution in [3.05, 3.63) is 29.8 Å². The quantitative estimate of drug-likeness (QED) is 0.490. The normalized spacial score (nSPS) is 15.1. The molecule has 0 saturated heterocycles. The van der Waals surface area contributed by atoms with Crippen LogP contribution in [0.5, 0.6) is 5.75 Å². The van der Waals surface area contributed by atoms with Gasteiger partial charge in [0.1, 0.15) is 18.5 Å². The second kappa shape index (κ2) is 13.2. The minimum absolute atomic E-state index is 0.0498. The van der Waals surface area contributed by atoms with E-state index in [1.807, 2.05) is 24.3 Å². The number of carboxylic acids is 1. The van der Waals surface area contributed by atoms with Crippen molar-refractivity contribution < 1.29 is 28.9 Å². The number of rotatable bonds is 13. The fourth-order valence-corrected chi connectivity index (χ4v) is 3.56. The molecular weight excluding hydrogens is 398 g/mol. The molecule has 1 aromatic carbocycles. The van der Waals surface area contributed by atoms with Gasteiger partial charge in [0.2, 0.25) is 0 Å². The van der Waals surface area contributed by atoms with Crippen LogP contribution in [0, 0.1) is 5.92 Å². The number of nitrogens with zero attached hydrogens (tertiary/aromatic N) is 1. The summed E-state index contributed by atoms with van der Waals surface area (Å²) in [7, 11) is 0. The smallest absolute Gasteiger partial charge is 0.410 e. The fourth-order valence-electron chi connectivity index (χ4n) is 3.56. The van der Waals surface area contributed by atoms with Gasteiger partial charge in [-0.3, -0.25) is 0 Å². The Balaban J connectivity index is 1.84. The zero-order valence-electron chi connectivity index (χ0n) is 19.0. The van der Waals surface area contributed by atoms with Gasteiger partial charge < -0.3 is 24.2 Å². The molecule has 7 heteroatoms. The van der Waals surface area contributed by atoms with E-state index >= 15 is 0 Å². The van der Waals surface area contributed by atoms with E-state index in [2.05, 4.69) is 13.8 Å². The molecule has 1 aromatic rings. The highest BCUT2D eigenvalue weighted by atomic mass is 16.6. The van der Waals surface area contributed by atoms with Gasteiger partial charge in [0, 0.05) is 19.6 Å². The van der Waals surface area contributed by atoms with Gasteiger partial charge in [-0.15, -0.1) is 0 Å². The number of ether oxygens (including phenoxy) is 3. The second-order valence-electron chi connectivity index (χ2n) is 8.44. The van der Waals surface area contributed by atoms with Gasteiger partial charge in [-0.2, -0.15) is 0 Å². The maximum atomic E-state index is 12.6. The van der Waals surface area contributed by atoms with Gasteiger partial charge in [0.05, 0.1) is 6.54 Å². The highest BCUT2D eigenvalue weighted by Gasteiger charge is 2.23. The van der Waals surface area contributed by atoms with Crippen molar-refractivity contribution in [3.8, 4) is 5.75 Å². The Morgan fingerprint density at radius 3 is 2.39 bits per heavy atom. The van der Waals surface area contributed by atoms with E-state index in [0.717, 1.165) is 37.7 Å². The Morgan fingerprint density at radius 1 is 1.13 bits per heavy atom. The predicted octanol–water partition coefficient (Wildman–Crippen LogP) is 4.52. The van der Waals surface area contributed by atoms with Crippen LogP contribution in [0.25, 0.3) is 0 Å². The predicted molar refractivity (Wildman–Crippen MR) is 118 cm³/mol. The van der Waals surface area contributed by atoms with Crippen molar-refractivity contribution in [2.45, 2.75) is 71.5 Å². The molecule has 0 aliphatic heterocycles. The number of carboxylic acid groups (broad SMARTS) is 1. The first kappa shape index (κ1) is 25.0. The lowest BCUT2D eigenvalue weighted by Crippen LogP contribution is -2.38. The molecule has 0 radical (unpaired) electrons. The molecule has 31 heavy (non-hydrogen) atoms. The first-order valence-electron chi connectivity index (χ1n) is 11.4. The van der Waals surface area contributed by atoms with Crippen molar-refractivity contribution in [3.63, 3.8) is 0 Å². The van der Waals surface area contributed by atoms with Gasteiger partial charge in [-0.05, 0) is 62.6 Å². The van der Waals surface area contributed by atoms with Gasteiger partial charge in [0.25, 0.3) is 0 Å². The Bertz CT molecular complexity index is 669. The number of carbonyl (C=O) groups excluding carboxylic acids is 1. The van der Waals surface area contributed by atoms with Gasteiger partial charge >= 0.3 is 12.1 Å². The summed E-state index contributed by atoms with van der Waals surface area (Å²) < 4.78 is 16.8. The van der Waals surface area contributed by atoms with Crippen molar-refractivity contribution in [2.24, 2.45) is 5.92 Å². The lowest BCUT2D eigenvalue weighted by Gasteiger charge is -2.25. The van der Waals surface area contributed by atoms with Crippen LogP contribution >= 0.6 is 0 Å². The summed E-state index contributed by atoms with van der Waals surface area (Å²) in [5.74, 6) is 0.217. The minimum atomic E-state index is -0.965. The molecule has 1 atom stereocenters. The monoisotopic (exact) mass is 435 g/mol. The van der Waals surface area contributed by atoms with Crippen LogP contribution in [-0.4, -0.2) is 60.6 Å². The minimum Gasteiger partial charge on any atom is -0.492 e. The van der Waals surface area contributed by atoms with Crippen LogP contribution in [0.15, 0.2) is 24.3 Å². The summed E-state index contributed by atoms with van der Waals surface area (Å²) in [5.41, 5.74) is 0.868. The molecule has 1 unspecified atom stereocenters. The van der Waals surface area contributed by atoms with Crippen LogP contribution in [-0.2, 0) is 20.7 Å². The third-order valence-corrected chi connectivity index (χ3v) is 5.42. The fraction of sp³-hybridized carbons (Fsp3) is 0.667. The Labute approximate surface area is 185 Å². The van der Waals surface area contributed by atoms with E-state index in [1.165, 1.54) is 0 Å². The van der Waals surface area contributed by atoms with Crippen LogP contribution in [0.3, 0.4) is 0 Å².